The van der Waals surface area contributed by atoms with Crippen molar-refractivity contribution in [2.24, 2.45) is 0 Å². The number of rotatable bonds is 5. The number of halogens is 1. The minimum absolute atomic E-state index is 0.301. The van der Waals surface area contributed by atoms with Crippen LogP contribution in [-0.2, 0) is 9.53 Å². The van der Waals surface area contributed by atoms with Gasteiger partial charge in [0.1, 0.15) is 5.52 Å². The molecular weight excluding hydrogens is 344 g/mol. The van der Waals surface area contributed by atoms with E-state index < -0.39 is 18.0 Å². The Bertz CT molecular complexity index is 922. The molecule has 0 aliphatic heterocycles. The lowest BCUT2D eigenvalue weighted by Gasteiger charge is -2.16. The molecule has 25 heavy (non-hydrogen) atoms. The Morgan fingerprint density at radius 1 is 1.28 bits per heavy atom. The summed E-state index contributed by atoms with van der Waals surface area (Å²) in [5.74, 6) is -1.02. The monoisotopic (exact) mass is 358 g/mol. The van der Waals surface area contributed by atoms with Crippen molar-refractivity contribution in [1.29, 1.82) is 0 Å². The molecule has 3 rings (SSSR count). The average molecular weight is 359 g/mol. The molecule has 0 saturated carbocycles. The zero-order valence-corrected chi connectivity index (χ0v) is 14.1. The summed E-state index contributed by atoms with van der Waals surface area (Å²) >= 11 is 5.89. The number of benzene rings is 2. The lowest BCUT2D eigenvalue weighted by Crippen LogP contribution is -2.32. The summed E-state index contributed by atoms with van der Waals surface area (Å²) in [4.78, 5) is 28.6. The van der Waals surface area contributed by atoms with Crippen LogP contribution in [-0.4, -0.2) is 23.0 Å². The van der Waals surface area contributed by atoms with Gasteiger partial charge in [-0.2, -0.15) is 0 Å². The molecule has 0 radical (unpaired) electrons. The predicted molar refractivity (Wildman–Crippen MR) is 93.6 cm³/mol. The Labute approximate surface area is 148 Å². The van der Waals surface area contributed by atoms with Crippen LogP contribution in [0.5, 0.6) is 0 Å². The van der Waals surface area contributed by atoms with Gasteiger partial charge in [-0.3, -0.25) is 4.79 Å². The summed E-state index contributed by atoms with van der Waals surface area (Å²) in [5, 5.41) is 3.19. The van der Waals surface area contributed by atoms with E-state index in [4.69, 9.17) is 20.8 Å². The van der Waals surface area contributed by atoms with Crippen LogP contribution in [0, 0.1) is 0 Å². The first-order valence-corrected chi connectivity index (χ1v) is 8.05. The zero-order valence-electron chi connectivity index (χ0n) is 13.4. The SMILES string of the molecule is CCC(OC(=O)c1ccc2ocnc2c1)C(=O)Nc1cccc(Cl)c1. The van der Waals surface area contributed by atoms with Crippen LogP contribution in [0.2, 0.25) is 5.02 Å². The predicted octanol–water partition coefficient (Wildman–Crippen LogP) is 4.06. The molecule has 2 aromatic carbocycles. The minimum Gasteiger partial charge on any atom is -0.449 e. The van der Waals surface area contributed by atoms with Crippen molar-refractivity contribution in [3.05, 3.63) is 59.4 Å². The summed E-state index contributed by atoms with van der Waals surface area (Å²) in [6.45, 7) is 1.76. The summed E-state index contributed by atoms with van der Waals surface area (Å²) in [6, 6.07) is 11.5. The second kappa shape index (κ2) is 7.36. The van der Waals surface area contributed by atoms with Gasteiger partial charge in [-0.25, -0.2) is 9.78 Å². The second-order valence-corrected chi connectivity index (χ2v) is 5.77. The lowest BCUT2D eigenvalue weighted by molar-refractivity contribution is -0.124. The highest BCUT2D eigenvalue weighted by molar-refractivity contribution is 6.30. The third-order valence-corrected chi connectivity index (χ3v) is 3.81. The van der Waals surface area contributed by atoms with Gasteiger partial charge in [-0.05, 0) is 42.8 Å². The minimum atomic E-state index is -0.917. The molecule has 1 N–H and O–H groups in total. The summed E-state index contributed by atoms with van der Waals surface area (Å²) < 4.78 is 10.5. The van der Waals surface area contributed by atoms with E-state index in [0.717, 1.165) is 0 Å². The highest BCUT2D eigenvalue weighted by Gasteiger charge is 2.22. The smallest absolute Gasteiger partial charge is 0.338 e. The second-order valence-electron chi connectivity index (χ2n) is 5.34. The number of carbonyl (C=O) groups is 2. The maximum atomic E-state index is 12.3. The highest BCUT2D eigenvalue weighted by atomic mass is 35.5. The molecule has 0 bridgehead atoms. The van der Waals surface area contributed by atoms with E-state index in [2.05, 4.69) is 10.3 Å². The molecular formula is C18H15ClN2O4. The van der Waals surface area contributed by atoms with Crippen LogP contribution in [0.1, 0.15) is 23.7 Å². The van der Waals surface area contributed by atoms with E-state index in [0.29, 0.717) is 33.8 Å². The van der Waals surface area contributed by atoms with Crippen molar-refractivity contribution in [2.45, 2.75) is 19.4 Å². The fourth-order valence-electron chi connectivity index (χ4n) is 2.29. The number of fused-ring (bicyclic) bond motifs is 1. The number of anilines is 1. The van der Waals surface area contributed by atoms with Gasteiger partial charge in [0.15, 0.2) is 18.1 Å². The first-order chi connectivity index (χ1) is 12.1. The molecule has 3 aromatic rings. The van der Waals surface area contributed by atoms with E-state index in [1.54, 1.807) is 49.4 Å². The third-order valence-electron chi connectivity index (χ3n) is 3.57. The van der Waals surface area contributed by atoms with Crippen LogP contribution in [0.15, 0.2) is 53.3 Å². The molecule has 0 spiro atoms. The summed E-state index contributed by atoms with van der Waals surface area (Å²) in [6.07, 6.45) is 0.719. The lowest BCUT2D eigenvalue weighted by atomic mass is 10.2. The number of nitrogens with one attached hydrogen (secondary N) is 1. The van der Waals surface area contributed by atoms with E-state index in [9.17, 15) is 9.59 Å². The number of hydrogen-bond acceptors (Lipinski definition) is 5. The van der Waals surface area contributed by atoms with Crippen LogP contribution < -0.4 is 5.32 Å². The van der Waals surface area contributed by atoms with E-state index in [1.165, 1.54) is 6.39 Å². The molecule has 0 fully saturated rings. The van der Waals surface area contributed by atoms with Crippen LogP contribution in [0.25, 0.3) is 11.1 Å². The van der Waals surface area contributed by atoms with Crippen molar-refractivity contribution in [3.63, 3.8) is 0 Å². The Kier molecular flexibility index (Phi) is 5.00. The Morgan fingerprint density at radius 3 is 2.88 bits per heavy atom. The molecule has 0 aliphatic rings. The normalized spacial score (nSPS) is 11.9. The molecule has 0 aliphatic carbocycles. The van der Waals surface area contributed by atoms with Gasteiger partial charge >= 0.3 is 5.97 Å². The van der Waals surface area contributed by atoms with Crippen molar-refractivity contribution in [2.75, 3.05) is 5.32 Å². The molecule has 128 valence electrons. The first-order valence-electron chi connectivity index (χ1n) is 7.67. The van der Waals surface area contributed by atoms with E-state index in [-0.39, 0.29) is 0 Å². The zero-order chi connectivity index (χ0) is 17.8. The number of oxazole rings is 1. The van der Waals surface area contributed by atoms with Gasteiger partial charge < -0.3 is 14.5 Å². The molecule has 1 heterocycles. The Morgan fingerprint density at radius 2 is 2.12 bits per heavy atom. The summed E-state index contributed by atoms with van der Waals surface area (Å²) in [5.41, 5.74) is 1.96. The van der Waals surface area contributed by atoms with E-state index >= 15 is 0 Å². The Hall–Kier alpha value is -2.86. The van der Waals surface area contributed by atoms with E-state index in [1.807, 2.05) is 0 Å². The number of aromatic nitrogens is 1. The largest absolute Gasteiger partial charge is 0.449 e. The average Bonchev–Trinajstić information content (AvgIpc) is 3.07. The Balaban J connectivity index is 1.69. The molecule has 1 unspecified atom stereocenters. The van der Waals surface area contributed by atoms with Gasteiger partial charge in [-0.1, -0.05) is 24.6 Å². The number of ether oxygens (including phenoxy) is 1. The van der Waals surface area contributed by atoms with Crippen molar-refractivity contribution in [1.82, 2.24) is 4.98 Å². The van der Waals surface area contributed by atoms with Crippen LogP contribution >= 0.6 is 11.6 Å². The van der Waals surface area contributed by atoms with Gasteiger partial charge in [0, 0.05) is 10.7 Å². The van der Waals surface area contributed by atoms with Gasteiger partial charge in [0.05, 0.1) is 5.56 Å². The van der Waals surface area contributed by atoms with Crippen molar-refractivity contribution >= 4 is 40.3 Å². The third kappa shape index (κ3) is 3.97. The standard InChI is InChI=1S/C18H15ClN2O4/c1-2-15(17(22)21-13-5-3-4-12(19)9-13)25-18(23)11-6-7-16-14(8-11)20-10-24-16/h3-10,15H,2H2,1H3,(H,21,22). The highest BCUT2D eigenvalue weighted by Crippen LogP contribution is 2.18. The topological polar surface area (TPSA) is 81.4 Å². The van der Waals surface area contributed by atoms with Crippen molar-refractivity contribution < 1.29 is 18.7 Å². The number of nitrogens with zero attached hydrogens (tertiary/aromatic N) is 1. The first kappa shape index (κ1) is 17.0. The summed E-state index contributed by atoms with van der Waals surface area (Å²) in [7, 11) is 0. The van der Waals surface area contributed by atoms with Crippen LogP contribution in [0.4, 0.5) is 5.69 Å². The van der Waals surface area contributed by atoms with Crippen molar-refractivity contribution in [3.8, 4) is 0 Å². The maximum Gasteiger partial charge on any atom is 0.338 e. The van der Waals surface area contributed by atoms with Gasteiger partial charge in [0.25, 0.3) is 5.91 Å². The molecule has 7 heteroatoms. The fraction of sp³-hybridized carbons (Fsp3) is 0.167. The quantitative estimate of drug-likeness (QED) is 0.696. The van der Waals surface area contributed by atoms with Gasteiger partial charge in [-0.15, -0.1) is 0 Å². The number of carbonyl (C=O) groups excluding carboxylic acids is 2. The fourth-order valence-corrected chi connectivity index (χ4v) is 2.48. The molecule has 6 nitrogen and oxygen atoms in total. The van der Waals surface area contributed by atoms with Crippen LogP contribution in [0.3, 0.4) is 0 Å². The number of amides is 1. The maximum absolute atomic E-state index is 12.3. The van der Waals surface area contributed by atoms with Gasteiger partial charge in [0.2, 0.25) is 0 Å². The number of esters is 1. The molecule has 1 amide bonds. The number of hydrogen-bond donors (Lipinski definition) is 1. The molecule has 1 aromatic heterocycles. The molecule has 0 saturated heterocycles. The molecule has 1 atom stereocenters.